The Balaban J connectivity index is 3.03. The van der Waals surface area contributed by atoms with Crippen molar-refractivity contribution in [2.75, 3.05) is 0 Å². The van der Waals surface area contributed by atoms with Crippen molar-refractivity contribution >= 4 is 0 Å². The number of rotatable bonds is 3. The molecule has 3 nitrogen and oxygen atoms in total. The van der Waals surface area contributed by atoms with E-state index in [4.69, 9.17) is 5.73 Å². The first-order chi connectivity index (χ1) is 5.70. The van der Waals surface area contributed by atoms with E-state index < -0.39 is 0 Å². The Bertz CT molecular complexity index is 263. The first kappa shape index (κ1) is 9.26. The predicted octanol–water partition coefficient (Wildman–Crippen LogP) is 1.14. The normalized spacial score (nSPS) is 10.7. The molecule has 0 unspecified atom stereocenters. The Hall–Kier alpha value is -0.830. The van der Waals surface area contributed by atoms with Gasteiger partial charge in [-0.15, -0.1) is 0 Å². The zero-order valence-corrected chi connectivity index (χ0v) is 8.09. The van der Waals surface area contributed by atoms with Gasteiger partial charge in [-0.3, -0.25) is 0 Å². The molecule has 0 aliphatic rings. The van der Waals surface area contributed by atoms with E-state index >= 15 is 0 Å². The monoisotopic (exact) mass is 167 g/mol. The molecular weight excluding hydrogens is 150 g/mol. The topological polar surface area (TPSA) is 43.8 Å². The molecule has 0 atom stereocenters. The fraction of sp³-hybridized carbons (Fsp3) is 0.667. The van der Waals surface area contributed by atoms with Crippen molar-refractivity contribution in [3.05, 3.63) is 17.2 Å². The van der Waals surface area contributed by atoms with Gasteiger partial charge < -0.3 is 10.3 Å². The summed E-state index contributed by atoms with van der Waals surface area (Å²) in [5, 5.41) is 0. The lowest BCUT2D eigenvalue weighted by molar-refractivity contribution is 0.755. The van der Waals surface area contributed by atoms with Gasteiger partial charge in [0, 0.05) is 19.3 Å². The Morgan fingerprint density at radius 1 is 1.50 bits per heavy atom. The molecule has 0 bridgehead atoms. The molecular formula is C9H17N3. The van der Waals surface area contributed by atoms with E-state index in [-0.39, 0.29) is 0 Å². The largest absolute Gasteiger partial charge is 0.335 e. The smallest absolute Gasteiger partial charge is 0.105 e. The highest BCUT2D eigenvalue weighted by Gasteiger charge is 2.08. The third kappa shape index (κ3) is 1.50. The molecule has 0 aromatic carbocycles. The van der Waals surface area contributed by atoms with Crippen molar-refractivity contribution in [3.63, 3.8) is 0 Å². The van der Waals surface area contributed by atoms with Gasteiger partial charge in [0.15, 0.2) is 0 Å². The van der Waals surface area contributed by atoms with E-state index in [0.29, 0.717) is 6.54 Å². The zero-order valence-electron chi connectivity index (χ0n) is 8.09. The molecule has 0 aliphatic heterocycles. The second-order valence-electron chi connectivity index (χ2n) is 3.07. The lowest BCUT2D eigenvalue weighted by Crippen LogP contribution is -2.03. The van der Waals surface area contributed by atoms with Crippen LogP contribution in [-0.2, 0) is 20.0 Å². The first-order valence-corrected chi connectivity index (χ1v) is 4.41. The van der Waals surface area contributed by atoms with E-state index in [1.807, 2.05) is 14.0 Å². The number of imidazole rings is 1. The van der Waals surface area contributed by atoms with Gasteiger partial charge in [0.05, 0.1) is 5.69 Å². The van der Waals surface area contributed by atoms with Gasteiger partial charge in [-0.1, -0.05) is 13.3 Å². The van der Waals surface area contributed by atoms with Crippen molar-refractivity contribution in [1.82, 2.24) is 9.55 Å². The molecule has 3 heteroatoms. The molecule has 1 heterocycles. The number of hydrogen-bond donors (Lipinski definition) is 1. The highest BCUT2D eigenvalue weighted by atomic mass is 15.1. The minimum Gasteiger partial charge on any atom is -0.335 e. The maximum absolute atomic E-state index is 5.59. The van der Waals surface area contributed by atoms with Crippen molar-refractivity contribution in [1.29, 1.82) is 0 Å². The van der Waals surface area contributed by atoms with Crippen LogP contribution in [0.5, 0.6) is 0 Å². The molecule has 0 saturated carbocycles. The van der Waals surface area contributed by atoms with Gasteiger partial charge in [-0.2, -0.15) is 0 Å². The summed E-state index contributed by atoms with van der Waals surface area (Å²) in [5.74, 6) is 1.05. The number of nitrogens with two attached hydrogens (primary N) is 1. The molecule has 0 saturated heterocycles. The average molecular weight is 167 g/mol. The maximum Gasteiger partial charge on any atom is 0.105 e. The summed E-state index contributed by atoms with van der Waals surface area (Å²) in [6, 6.07) is 0. The number of aryl methyl sites for hydroxylation is 1. The Kier molecular flexibility index (Phi) is 2.87. The second kappa shape index (κ2) is 3.72. The molecule has 0 aliphatic carbocycles. The van der Waals surface area contributed by atoms with E-state index in [1.165, 1.54) is 5.69 Å². The lowest BCUT2D eigenvalue weighted by atomic mass is 10.2. The molecule has 1 aromatic rings. The summed E-state index contributed by atoms with van der Waals surface area (Å²) in [6.07, 6.45) is 2.22. The lowest BCUT2D eigenvalue weighted by Gasteiger charge is -2.02. The SMILES string of the molecule is CCCc1c(CN)nc(C)n1C. The van der Waals surface area contributed by atoms with Crippen LogP contribution in [0.3, 0.4) is 0 Å². The summed E-state index contributed by atoms with van der Waals surface area (Å²) < 4.78 is 2.13. The van der Waals surface area contributed by atoms with E-state index in [1.54, 1.807) is 0 Å². The molecule has 0 spiro atoms. The van der Waals surface area contributed by atoms with Gasteiger partial charge in [-0.25, -0.2) is 4.98 Å². The molecule has 0 fully saturated rings. The summed E-state index contributed by atoms with van der Waals surface area (Å²) in [5.41, 5.74) is 7.93. The quantitative estimate of drug-likeness (QED) is 0.733. The summed E-state index contributed by atoms with van der Waals surface area (Å²) in [6.45, 7) is 4.73. The third-order valence-electron chi connectivity index (χ3n) is 2.20. The fourth-order valence-corrected chi connectivity index (χ4v) is 1.44. The molecule has 0 amide bonds. The maximum atomic E-state index is 5.59. The summed E-state index contributed by atoms with van der Waals surface area (Å²) >= 11 is 0. The molecule has 2 N–H and O–H groups in total. The second-order valence-corrected chi connectivity index (χ2v) is 3.07. The van der Waals surface area contributed by atoms with Crippen LogP contribution in [0, 0.1) is 6.92 Å². The van der Waals surface area contributed by atoms with Crippen LogP contribution in [0.15, 0.2) is 0 Å². The molecule has 68 valence electrons. The fourth-order valence-electron chi connectivity index (χ4n) is 1.44. The van der Waals surface area contributed by atoms with Crippen LogP contribution in [0.1, 0.15) is 30.6 Å². The van der Waals surface area contributed by atoms with Gasteiger partial charge in [0.2, 0.25) is 0 Å². The van der Waals surface area contributed by atoms with Crippen molar-refractivity contribution < 1.29 is 0 Å². The number of nitrogens with zero attached hydrogens (tertiary/aromatic N) is 2. The van der Waals surface area contributed by atoms with Crippen LogP contribution in [0.4, 0.5) is 0 Å². The van der Waals surface area contributed by atoms with Crippen molar-refractivity contribution in [3.8, 4) is 0 Å². The Labute approximate surface area is 73.6 Å². The van der Waals surface area contributed by atoms with Gasteiger partial charge >= 0.3 is 0 Å². The van der Waals surface area contributed by atoms with Crippen LogP contribution in [-0.4, -0.2) is 9.55 Å². The van der Waals surface area contributed by atoms with E-state index in [2.05, 4.69) is 16.5 Å². The van der Waals surface area contributed by atoms with Crippen LogP contribution >= 0.6 is 0 Å². The standard InChI is InChI=1S/C9H17N3/c1-4-5-9-8(6-10)11-7(2)12(9)3/h4-6,10H2,1-3H3. The minimum absolute atomic E-state index is 0.553. The third-order valence-corrected chi connectivity index (χ3v) is 2.20. The Morgan fingerprint density at radius 3 is 2.67 bits per heavy atom. The Morgan fingerprint density at radius 2 is 2.17 bits per heavy atom. The van der Waals surface area contributed by atoms with Gasteiger partial charge in [-0.05, 0) is 13.3 Å². The predicted molar refractivity (Wildman–Crippen MR) is 49.8 cm³/mol. The van der Waals surface area contributed by atoms with Gasteiger partial charge in [0.25, 0.3) is 0 Å². The van der Waals surface area contributed by atoms with Crippen LogP contribution < -0.4 is 5.73 Å². The highest BCUT2D eigenvalue weighted by Crippen LogP contribution is 2.11. The molecule has 12 heavy (non-hydrogen) atoms. The van der Waals surface area contributed by atoms with E-state index in [0.717, 1.165) is 24.4 Å². The summed E-state index contributed by atoms with van der Waals surface area (Å²) in [7, 11) is 2.05. The number of aromatic nitrogens is 2. The first-order valence-electron chi connectivity index (χ1n) is 4.41. The molecule has 1 aromatic heterocycles. The van der Waals surface area contributed by atoms with Crippen LogP contribution in [0.2, 0.25) is 0 Å². The zero-order chi connectivity index (χ0) is 9.14. The van der Waals surface area contributed by atoms with Gasteiger partial charge in [0.1, 0.15) is 5.82 Å². The van der Waals surface area contributed by atoms with Crippen LogP contribution in [0.25, 0.3) is 0 Å². The minimum atomic E-state index is 0.553. The average Bonchev–Trinajstić information content (AvgIpc) is 2.33. The van der Waals surface area contributed by atoms with Crippen molar-refractivity contribution in [2.45, 2.75) is 33.2 Å². The van der Waals surface area contributed by atoms with E-state index in [9.17, 15) is 0 Å². The molecule has 0 radical (unpaired) electrons. The summed E-state index contributed by atoms with van der Waals surface area (Å²) in [4.78, 5) is 4.39. The number of hydrogen-bond acceptors (Lipinski definition) is 2. The highest BCUT2D eigenvalue weighted by molar-refractivity contribution is 5.16. The van der Waals surface area contributed by atoms with Crippen molar-refractivity contribution in [2.24, 2.45) is 12.8 Å². The molecule has 1 rings (SSSR count).